The Morgan fingerprint density at radius 3 is 3.15 bits per heavy atom. The van der Waals surface area contributed by atoms with E-state index in [0.717, 1.165) is 12.0 Å². The normalized spacial score (nSPS) is 20.5. The predicted octanol–water partition coefficient (Wildman–Crippen LogP) is 2.48. The van der Waals surface area contributed by atoms with Crippen molar-refractivity contribution in [2.75, 3.05) is 6.61 Å². The van der Waals surface area contributed by atoms with E-state index in [4.69, 9.17) is 21.6 Å². The number of hydrogen-bond donors (Lipinski definition) is 0. The highest BCUT2D eigenvalue weighted by Crippen LogP contribution is 2.28. The minimum atomic E-state index is -0.442. The summed E-state index contributed by atoms with van der Waals surface area (Å²) in [4.78, 5) is 0. The van der Waals surface area contributed by atoms with Crippen molar-refractivity contribution in [2.45, 2.75) is 12.5 Å². The number of fused-ring (bicyclic) bond motifs is 1. The third-order valence-electron chi connectivity index (χ3n) is 2.16. The second kappa shape index (κ2) is 3.37. The van der Waals surface area contributed by atoms with Crippen molar-refractivity contribution >= 4 is 11.6 Å². The zero-order valence-electron chi connectivity index (χ0n) is 6.96. The summed E-state index contributed by atoms with van der Waals surface area (Å²) in [6.45, 7) is 0.618. The Bertz CT molecular complexity index is 370. The molecule has 3 heteroatoms. The van der Waals surface area contributed by atoms with Crippen LogP contribution in [-0.2, 0) is 11.2 Å². The van der Waals surface area contributed by atoms with Crippen LogP contribution in [0.1, 0.15) is 17.2 Å². The number of nitriles is 1. The summed E-state index contributed by atoms with van der Waals surface area (Å²) < 4.78 is 5.29. The highest BCUT2D eigenvalue weighted by Gasteiger charge is 2.20. The van der Waals surface area contributed by atoms with Crippen molar-refractivity contribution in [1.82, 2.24) is 0 Å². The fourth-order valence-electron chi connectivity index (χ4n) is 1.52. The molecular formula is C10H8ClNO. The maximum Gasteiger partial charge on any atom is 0.169 e. The maximum absolute atomic E-state index is 8.81. The number of rotatable bonds is 0. The second-order valence-electron chi connectivity index (χ2n) is 2.97. The Hall–Kier alpha value is -1.04. The molecule has 1 heterocycles. The van der Waals surface area contributed by atoms with E-state index < -0.39 is 6.10 Å². The SMILES string of the molecule is N#CC1OCCc2ccc(Cl)cc21. The molecule has 0 radical (unpaired) electrons. The van der Waals surface area contributed by atoms with E-state index in [-0.39, 0.29) is 0 Å². The standard InChI is InChI=1S/C10H8ClNO/c11-8-2-1-7-3-4-13-10(6-12)9(7)5-8/h1-2,5,10H,3-4H2. The lowest BCUT2D eigenvalue weighted by Crippen LogP contribution is -2.14. The van der Waals surface area contributed by atoms with Gasteiger partial charge in [0.25, 0.3) is 0 Å². The zero-order chi connectivity index (χ0) is 9.26. The van der Waals surface area contributed by atoms with Crippen LogP contribution < -0.4 is 0 Å². The van der Waals surface area contributed by atoms with Crippen LogP contribution in [0, 0.1) is 11.3 Å². The van der Waals surface area contributed by atoms with Gasteiger partial charge in [-0.3, -0.25) is 0 Å². The molecule has 1 aromatic carbocycles. The molecule has 0 spiro atoms. The summed E-state index contributed by atoms with van der Waals surface area (Å²) in [6, 6.07) is 7.73. The molecule has 0 saturated heterocycles. The molecule has 66 valence electrons. The van der Waals surface area contributed by atoms with Gasteiger partial charge in [-0.1, -0.05) is 17.7 Å². The van der Waals surface area contributed by atoms with Gasteiger partial charge in [0.05, 0.1) is 12.7 Å². The minimum Gasteiger partial charge on any atom is -0.358 e. The van der Waals surface area contributed by atoms with Crippen LogP contribution >= 0.6 is 11.6 Å². The Morgan fingerprint density at radius 1 is 1.54 bits per heavy atom. The van der Waals surface area contributed by atoms with Gasteiger partial charge >= 0.3 is 0 Å². The molecule has 0 amide bonds. The van der Waals surface area contributed by atoms with Gasteiger partial charge in [0.15, 0.2) is 6.10 Å². The molecule has 0 aromatic heterocycles. The van der Waals surface area contributed by atoms with E-state index in [1.165, 1.54) is 5.56 Å². The molecule has 0 N–H and O–H groups in total. The average molecular weight is 194 g/mol. The van der Waals surface area contributed by atoms with Gasteiger partial charge in [-0.25, -0.2) is 0 Å². The highest BCUT2D eigenvalue weighted by molar-refractivity contribution is 6.30. The van der Waals surface area contributed by atoms with E-state index in [2.05, 4.69) is 6.07 Å². The largest absolute Gasteiger partial charge is 0.358 e. The number of hydrogen-bond acceptors (Lipinski definition) is 2. The zero-order valence-corrected chi connectivity index (χ0v) is 7.71. The van der Waals surface area contributed by atoms with Crippen LogP contribution in [0.5, 0.6) is 0 Å². The number of ether oxygens (including phenoxy) is 1. The highest BCUT2D eigenvalue weighted by atomic mass is 35.5. The van der Waals surface area contributed by atoms with Gasteiger partial charge < -0.3 is 4.74 Å². The van der Waals surface area contributed by atoms with Gasteiger partial charge in [-0.2, -0.15) is 5.26 Å². The minimum absolute atomic E-state index is 0.442. The molecule has 2 rings (SSSR count). The summed E-state index contributed by atoms with van der Waals surface area (Å²) >= 11 is 5.83. The first-order chi connectivity index (χ1) is 6.31. The van der Waals surface area contributed by atoms with Gasteiger partial charge in [-0.05, 0) is 29.7 Å². The first kappa shape index (κ1) is 8.55. The van der Waals surface area contributed by atoms with Crippen molar-refractivity contribution in [3.05, 3.63) is 34.3 Å². The summed E-state index contributed by atoms with van der Waals surface area (Å²) in [5.41, 5.74) is 2.09. The van der Waals surface area contributed by atoms with Crippen LogP contribution in [0.2, 0.25) is 5.02 Å². The smallest absolute Gasteiger partial charge is 0.169 e. The van der Waals surface area contributed by atoms with Gasteiger partial charge in [0.1, 0.15) is 0 Å². The van der Waals surface area contributed by atoms with E-state index in [0.29, 0.717) is 11.6 Å². The summed E-state index contributed by atoms with van der Waals surface area (Å²) in [6.07, 6.45) is 0.424. The predicted molar refractivity (Wildman–Crippen MR) is 49.5 cm³/mol. The molecule has 2 nitrogen and oxygen atoms in total. The van der Waals surface area contributed by atoms with Crippen LogP contribution in [0.25, 0.3) is 0 Å². The van der Waals surface area contributed by atoms with Crippen molar-refractivity contribution in [1.29, 1.82) is 5.26 Å². The molecule has 1 aliphatic heterocycles. The Kier molecular flexibility index (Phi) is 2.22. The molecule has 0 bridgehead atoms. The second-order valence-corrected chi connectivity index (χ2v) is 3.41. The molecule has 0 saturated carbocycles. The van der Waals surface area contributed by atoms with Crippen LogP contribution in [0.3, 0.4) is 0 Å². The molecule has 0 aliphatic carbocycles. The van der Waals surface area contributed by atoms with Gasteiger partial charge in [0.2, 0.25) is 0 Å². The molecule has 13 heavy (non-hydrogen) atoms. The van der Waals surface area contributed by atoms with Crippen molar-refractivity contribution < 1.29 is 4.74 Å². The van der Waals surface area contributed by atoms with Crippen LogP contribution in [0.4, 0.5) is 0 Å². The monoisotopic (exact) mass is 193 g/mol. The quantitative estimate of drug-likeness (QED) is 0.634. The maximum atomic E-state index is 8.81. The number of benzene rings is 1. The molecule has 0 fully saturated rings. The van der Waals surface area contributed by atoms with Crippen molar-refractivity contribution in [2.24, 2.45) is 0 Å². The topological polar surface area (TPSA) is 33.0 Å². The lowest BCUT2D eigenvalue weighted by molar-refractivity contribution is 0.0800. The lowest BCUT2D eigenvalue weighted by Gasteiger charge is -2.20. The third kappa shape index (κ3) is 1.53. The van der Waals surface area contributed by atoms with Crippen LogP contribution in [-0.4, -0.2) is 6.61 Å². The number of halogens is 1. The van der Waals surface area contributed by atoms with E-state index >= 15 is 0 Å². The molecule has 1 unspecified atom stereocenters. The Balaban J connectivity index is 2.49. The summed E-state index contributed by atoms with van der Waals surface area (Å²) in [7, 11) is 0. The van der Waals surface area contributed by atoms with Crippen molar-refractivity contribution in [3.63, 3.8) is 0 Å². The molecular weight excluding hydrogens is 186 g/mol. The first-order valence-electron chi connectivity index (χ1n) is 4.11. The van der Waals surface area contributed by atoms with E-state index in [9.17, 15) is 0 Å². The van der Waals surface area contributed by atoms with Gasteiger partial charge in [0, 0.05) is 5.02 Å². The Labute approximate surface area is 81.7 Å². The van der Waals surface area contributed by atoms with Crippen LogP contribution in [0.15, 0.2) is 18.2 Å². The first-order valence-corrected chi connectivity index (χ1v) is 4.48. The number of nitrogens with zero attached hydrogens (tertiary/aromatic N) is 1. The third-order valence-corrected chi connectivity index (χ3v) is 2.40. The average Bonchev–Trinajstić information content (AvgIpc) is 2.17. The Morgan fingerprint density at radius 2 is 2.38 bits per heavy atom. The molecule has 1 atom stereocenters. The van der Waals surface area contributed by atoms with Crippen molar-refractivity contribution in [3.8, 4) is 6.07 Å². The fraction of sp³-hybridized carbons (Fsp3) is 0.300. The van der Waals surface area contributed by atoms with Gasteiger partial charge in [-0.15, -0.1) is 0 Å². The van der Waals surface area contributed by atoms with E-state index in [1.807, 2.05) is 18.2 Å². The summed E-state index contributed by atoms with van der Waals surface area (Å²) in [5, 5.41) is 9.47. The molecule has 1 aliphatic rings. The molecule has 1 aromatic rings. The summed E-state index contributed by atoms with van der Waals surface area (Å²) in [5.74, 6) is 0. The lowest BCUT2D eigenvalue weighted by atomic mass is 9.98. The fourth-order valence-corrected chi connectivity index (χ4v) is 1.70. The van der Waals surface area contributed by atoms with E-state index in [1.54, 1.807) is 0 Å².